The fourth-order valence-corrected chi connectivity index (χ4v) is 4.59. The Morgan fingerprint density at radius 3 is 2.72 bits per heavy atom. The maximum Gasteiger partial charge on any atom is 0.257 e. The molecule has 1 N–H and O–H groups in total. The molecule has 3 aromatic rings. The van der Waals surface area contributed by atoms with Crippen molar-refractivity contribution in [2.45, 2.75) is 24.0 Å². The van der Waals surface area contributed by atoms with Gasteiger partial charge in [-0.3, -0.25) is 10.1 Å². The number of nitrogens with one attached hydrogen (secondary N) is 1. The van der Waals surface area contributed by atoms with E-state index in [1.165, 1.54) is 23.5 Å². The minimum Gasteiger partial charge on any atom is -0.454 e. The first-order valence-electron chi connectivity index (χ1n) is 8.85. The first-order valence-corrected chi connectivity index (χ1v) is 11.3. The lowest BCUT2D eigenvalue weighted by Crippen LogP contribution is -2.16. The van der Waals surface area contributed by atoms with Crippen LogP contribution in [-0.2, 0) is 9.84 Å². The van der Waals surface area contributed by atoms with Crippen molar-refractivity contribution in [3.63, 3.8) is 0 Å². The summed E-state index contributed by atoms with van der Waals surface area (Å²) in [4.78, 5) is 17.2. The topological polar surface area (TPSA) is 94.6 Å². The number of hydrogen-bond donors (Lipinski definition) is 1. The van der Waals surface area contributed by atoms with Crippen molar-refractivity contribution in [3.8, 4) is 22.8 Å². The minimum atomic E-state index is -3.46. The SMILES string of the molecule is CC(C)S(=O)(=O)c1cccc(C(=O)Nc2nc(-c3ccc4c(c3)OCO4)cs2)c1. The summed E-state index contributed by atoms with van der Waals surface area (Å²) >= 11 is 1.28. The van der Waals surface area contributed by atoms with E-state index < -0.39 is 21.0 Å². The molecule has 2 aromatic carbocycles. The van der Waals surface area contributed by atoms with Crippen LogP contribution in [0.5, 0.6) is 11.5 Å². The van der Waals surface area contributed by atoms with Gasteiger partial charge >= 0.3 is 0 Å². The van der Waals surface area contributed by atoms with Crippen molar-refractivity contribution >= 4 is 32.2 Å². The van der Waals surface area contributed by atoms with Gasteiger partial charge in [-0.2, -0.15) is 0 Å². The summed E-state index contributed by atoms with van der Waals surface area (Å²) in [7, 11) is -3.46. The van der Waals surface area contributed by atoms with Crippen molar-refractivity contribution in [1.82, 2.24) is 4.98 Å². The van der Waals surface area contributed by atoms with Crippen LogP contribution < -0.4 is 14.8 Å². The van der Waals surface area contributed by atoms with Crippen molar-refractivity contribution in [3.05, 3.63) is 53.4 Å². The summed E-state index contributed by atoms with van der Waals surface area (Å²) in [6.45, 7) is 3.41. The largest absolute Gasteiger partial charge is 0.454 e. The number of benzene rings is 2. The lowest BCUT2D eigenvalue weighted by atomic mass is 10.1. The van der Waals surface area contributed by atoms with Crippen LogP contribution in [0.1, 0.15) is 24.2 Å². The van der Waals surface area contributed by atoms with Crippen LogP contribution in [0.25, 0.3) is 11.3 Å². The monoisotopic (exact) mass is 430 g/mol. The summed E-state index contributed by atoms with van der Waals surface area (Å²) in [5, 5.41) is 4.40. The van der Waals surface area contributed by atoms with Gasteiger partial charge in [0.05, 0.1) is 15.8 Å². The van der Waals surface area contributed by atoms with Crippen molar-refractivity contribution in [1.29, 1.82) is 0 Å². The number of ether oxygens (including phenoxy) is 2. The number of fused-ring (bicyclic) bond motifs is 1. The van der Waals surface area contributed by atoms with E-state index in [-0.39, 0.29) is 17.3 Å². The molecule has 1 aliphatic rings. The molecule has 150 valence electrons. The molecule has 1 aromatic heterocycles. The number of sulfone groups is 1. The molecule has 0 saturated heterocycles. The number of hydrogen-bond acceptors (Lipinski definition) is 7. The second kappa shape index (κ2) is 7.49. The second-order valence-electron chi connectivity index (χ2n) is 6.68. The van der Waals surface area contributed by atoms with E-state index in [4.69, 9.17) is 9.47 Å². The Bertz CT molecular complexity index is 1190. The zero-order chi connectivity index (χ0) is 20.6. The van der Waals surface area contributed by atoms with Crippen LogP contribution in [0.2, 0.25) is 0 Å². The molecule has 4 rings (SSSR count). The van der Waals surface area contributed by atoms with Crippen LogP contribution in [0.4, 0.5) is 5.13 Å². The van der Waals surface area contributed by atoms with E-state index in [9.17, 15) is 13.2 Å². The summed E-state index contributed by atoms with van der Waals surface area (Å²) in [6, 6.07) is 11.5. The van der Waals surface area contributed by atoms with Gasteiger partial charge in [0.1, 0.15) is 0 Å². The highest BCUT2D eigenvalue weighted by Crippen LogP contribution is 2.36. The number of aromatic nitrogens is 1. The lowest BCUT2D eigenvalue weighted by Gasteiger charge is -2.09. The predicted molar refractivity (Wildman–Crippen MR) is 110 cm³/mol. The average molecular weight is 431 g/mol. The van der Waals surface area contributed by atoms with E-state index >= 15 is 0 Å². The number of rotatable bonds is 5. The Kier molecular flexibility index (Phi) is 5.01. The summed E-state index contributed by atoms with van der Waals surface area (Å²) in [5.41, 5.74) is 1.79. The molecule has 0 fully saturated rings. The maximum absolute atomic E-state index is 12.6. The third-order valence-corrected chi connectivity index (χ3v) is 7.35. The number of carbonyl (C=O) groups is 1. The highest BCUT2D eigenvalue weighted by atomic mass is 32.2. The van der Waals surface area contributed by atoms with E-state index in [0.29, 0.717) is 22.3 Å². The van der Waals surface area contributed by atoms with Crippen LogP contribution in [-0.4, -0.2) is 31.4 Å². The number of thiazole rings is 1. The van der Waals surface area contributed by atoms with E-state index in [1.807, 2.05) is 23.6 Å². The highest BCUT2D eigenvalue weighted by molar-refractivity contribution is 7.92. The number of nitrogens with zero attached hydrogens (tertiary/aromatic N) is 1. The molecule has 1 amide bonds. The molecule has 0 radical (unpaired) electrons. The third kappa shape index (κ3) is 3.83. The first kappa shape index (κ1) is 19.4. The van der Waals surface area contributed by atoms with Gasteiger partial charge in [-0.1, -0.05) is 6.07 Å². The van der Waals surface area contributed by atoms with Gasteiger partial charge in [0.15, 0.2) is 26.5 Å². The van der Waals surface area contributed by atoms with Crippen molar-refractivity contribution < 1.29 is 22.7 Å². The average Bonchev–Trinajstić information content (AvgIpc) is 3.36. The Morgan fingerprint density at radius 2 is 1.93 bits per heavy atom. The zero-order valence-corrected chi connectivity index (χ0v) is 17.3. The highest BCUT2D eigenvalue weighted by Gasteiger charge is 2.21. The Hall–Kier alpha value is -2.91. The van der Waals surface area contributed by atoms with Gasteiger partial charge in [0, 0.05) is 16.5 Å². The molecule has 0 spiro atoms. The minimum absolute atomic E-state index is 0.125. The smallest absolute Gasteiger partial charge is 0.257 e. The molecule has 0 atom stereocenters. The standard InChI is InChI=1S/C20H18N2O5S2/c1-12(2)29(24,25)15-5-3-4-14(8-15)19(23)22-20-21-16(10-28-20)13-6-7-17-18(9-13)27-11-26-17/h3-10,12H,11H2,1-2H3,(H,21,22,23). The van der Waals surface area contributed by atoms with Gasteiger partial charge in [-0.15, -0.1) is 11.3 Å². The maximum atomic E-state index is 12.6. The quantitative estimate of drug-likeness (QED) is 0.658. The predicted octanol–water partition coefficient (Wildman–Crippen LogP) is 3.97. The van der Waals surface area contributed by atoms with Gasteiger partial charge in [-0.25, -0.2) is 13.4 Å². The van der Waals surface area contributed by atoms with Crippen LogP contribution in [0, 0.1) is 0 Å². The molecular formula is C20H18N2O5S2. The Morgan fingerprint density at radius 1 is 1.14 bits per heavy atom. The van der Waals surface area contributed by atoms with Crippen molar-refractivity contribution in [2.24, 2.45) is 0 Å². The van der Waals surface area contributed by atoms with E-state index in [2.05, 4.69) is 10.3 Å². The summed E-state index contributed by atoms with van der Waals surface area (Å²) < 4.78 is 35.4. The van der Waals surface area contributed by atoms with Crippen LogP contribution >= 0.6 is 11.3 Å². The normalized spacial score (nSPS) is 12.9. The van der Waals surface area contributed by atoms with Crippen LogP contribution in [0.3, 0.4) is 0 Å². The molecular weight excluding hydrogens is 412 g/mol. The molecule has 7 nitrogen and oxygen atoms in total. The molecule has 1 aliphatic heterocycles. The molecule has 29 heavy (non-hydrogen) atoms. The second-order valence-corrected chi connectivity index (χ2v) is 10.0. The third-order valence-electron chi connectivity index (χ3n) is 4.44. The summed E-state index contributed by atoms with van der Waals surface area (Å²) in [6.07, 6.45) is 0. The number of carbonyl (C=O) groups excluding carboxylic acids is 1. The molecule has 0 saturated carbocycles. The molecule has 0 unspecified atom stereocenters. The zero-order valence-electron chi connectivity index (χ0n) is 15.7. The van der Waals surface area contributed by atoms with E-state index in [0.717, 1.165) is 5.56 Å². The van der Waals surface area contributed by atoms with Gasteiger partial charge in [-0.05, 0) is 50.2 Å². The Balaban J connectivity index is 1.53. The van der Waals surface area contributed by atoms with Gasteiger partial charge in [0.2, 0.25) is 6.79 Å². The molecule has 2 heterocycles. The molecule has 0 bridgehead atoms. The van der Waals surface area contributed by atoms with Gasteiger partial charge < -0.3 is 9.47 Å². The first-order chi connectivity index (χ1) is 13.8. The number of anilines is 1. The summed E-state index contributed by atoms with van der Waals surface area (Å²) in [5.74, 6) is 0.926. The van der Waals surface area contributed by atoms with Crippen molar-refractivity contribution in [2.75, 3.05) is 12.1 Å². The fourth-order valence-electron chi connectivity index (χ4n) is 2.78. The fraction of sp³-hybridized carbons (Fsp3) is 0.200. The number of amides is 1. The molecule has 9 heteroatoms. The van der Waals surface area contributed by atoms with Gasteiger partial charge in [0.25, 0.3) is 5.91 Å². The van der Waals surface area contributed by atoms with Crippen LogP contribution in [0.15, 0.2) is 52.7 Å². The molecule has 0 aliphatic carbocycles. The Labute approximate surface area is 172 Å². The lowest BCUT2D eigenvalue weighted by molar-refractivity contribution is 0.102. The van der Waals surface area contributed by atoms with E-state index in [1.54, 1.807) is 26.0 Å².